The number of amides is 1. The van der Waals surface area contributed by atoms with Gasteiger partial charge in [0.1, 0.15) is 11.5 Å². The third-order valence-electron chi connectivity index (χ3n) is 8.69. The molecule has 1 saturated heterocycles. The van der Waals surface area contributed by atoms with Gasteiger partial charge in [-0.05, 0) is 70.5 Å². The number of terminal acetylenes is 1. The van der Waals surface area contributed by atoms with Crippen molar-refractivity contribution < 1.29 is 23.6 Å². The van der Waals surface area contributed by atoms with E-state index in [9.17, 15) is 9.59 Å². The molecule has 5 rings (SSSR count). The number of nitrogens with one attached hydrogen (secondary N) is 1. The van der Waals surface area contributed by atoms with E-state index in [2.05, 4.69) is 32.0 Å². The van der Waals surface area contributed by atoms with Crippen molar-refractivity contribution >= 4 is 19.0 Å². The summed E-state index contributed by atoms with van der Waals surface area (Å²) in [5.74, 6) is 2.46. The lowest BCUT2D eigenvalue weighted by atomic mass is 9.43. The Morgan fingerprint density at radius 2 is 1.97 bits per heavy atom. The highest BCUT2D eigenvalue weighted by molar-refractivity contribution is 6.45. The lowest BCUT2D eigenvalue weighted by Crippen LogP contribution is -2.65. The number of ether oxygens (including phenoxy) is 1. The van der Waals surface area contributed by atoms with E-state index in [4.69, 9.17) is 20.5 Å². The van der Waals surface area contributed by atoms with Crippen LogP contribution in [0, 0.1) is 35.5 Å². The summed E-state index contributed by atoms with van der Waals surface area (Å²) in [5.41, 5.74) is -1.60. The van der Waals surface area contributed by atoms with Crippen LogP contribution in [-0.4, -0.2) is 41.8 Å². The predicted molar refractivity (Wildman–Crippen MR) is 136 cm³/mol. The number of esters is 1. The Morgan fingerprint density at radius 1 is 1.23 bits per heavy atom. The molecule has 1 heterocycles. The van der Waals surface area contributed by atoms with Crippen LogP contribution in [0.3, 0.4) is 0 Å². The van der Waals surface area contributed by atoms with E-state index < -0.39 is 17.1 Å². The Morgan fingerprint density at radius 3 is 2.63 bits per heavy atom. The maximum absolute atomic E-state index is 13.2. The number of rotatable bonds is 7. The zero-order chi connectivity index (χ0) is 25.6. The highest BCUT2D eigenvalue weighted by Crippen LogP contribution is 2.65. The van der Waals surface area contributed by atoms with Crippen molar-refractivity contribution in [2.24, 2.45) is 23.2 Å². The SMILES string of the molecule is C#CCCC(=O)NC1(CCB2OC3CC4CC(C4(C)C)C3(C)O2)C=CC=CC1C(=O)OC(C)(C)C. The minimum Gasteiger partial charge on any atom is -0.459 e. The molecular weight excluding hydrogens is 441 g/mol. The van der Waals surface area contributed by atoms with E-state index in [1.54, 1.807) is 0 Å². The van der Waals surface area contributed by atoms with Gasteiger partial charge in [0.15, 0.2) is 0 Å². The molecule has 6 nitrogen and oxygen atoms in total. The largest absolute Gasteiger partial charge is 0.459 e. The smallest absolute Gasteiger partial charge is 0.457 e. The van der Waals surface area contributed by atoms with Gasteiger partial charge in [-0.25, -0.2) is 0 Å². The molecule has 6 unspecified atom stereocenters. The Balaban J connectivity index is 1.52. The van der Waals surface area contributed by atoms with E-state index in [0.717, 1.165) is 6.42 Å². The van der Waals surface area contributed by atoms with Crippen LogP contribution in [-0.2, 0) is 23.6 Å². The van der Waals surface area contributed by atoms with Crippen molar-refractivity contribution in [2.45, 2.75) is 103 Å². The molecule has 4 fully saturated rings. The Hall–Kier alpha value is -2.04. The van der Waals surface area contributed by atoms with Crippen LogP contribution in [0.25, 0.3) is 0 Å². The predicted octanol–water partition coefficient (Wildman–Crippen LogP) is 4.46. The Kier molecular flexibility index (Phi) is 6.79. The van der Waals surface area contributed by atoms with Crippen LogP contribution >= 0.6 is 0 Å². The minimum absolute atomic E-state index is 0.0916. The van der Waals surface area contributed by atoms with Crippen LogP contribution in [0.15, 0.2) is 24.3 Å². The summed E-state index contributed by atoms with van der Waals surface area (Å²) in [5, 5.41) is 3.13. The fourth-order valence-electron chi connectivity index (χ4n) is 6.69. The highest BCUT2D eigenvalue weighted by Gasteiger charge is 2.67. The quantitative estimate of drug-likeness (QED) is 0.330. The third kappa shape index (κ3) is 4.85. The average Bonchev–Trinajstić information content (AvgIpc) is 3.11. The number of allylic oxidation sites excluding steroid dienone is 2. The summed E-state index contributed by atoms with van der Waals surface area (Å²) in [7, 11) is -0.377. The number of carbonyl (C=O) groups excluding carboxylic acids is 2. The van der Waals surface area contributed by atoms with Gasteiger partial charge in [0.25, 0.3) is 0 Å². The van der Waals surface area contributed by atoms with Gasteiger partial charge in [0.05, 0.1) is 17.2 Å². The van der Waals surface area contributed by atoms with Crippen LogP contribution < -0.4 is 5.32 Å². The van der Waals surface area contributed by atoms with Crippen molar-refractivity contribution in [1.29, 1.82) is 0 Å². The monoisotopic (exact) mass is 481 g/mol. The summed E-state index contributed by atoms with van der Waals surface area (Å²) < 4.78 is 18.8. The zero-order valence-electron chi connectivity index (χ0n) is 22.1. The van der Waals surface area contributed by atoms with Crippen LogP contribution in [0.1, 0.15) is 73.6 Å². The summed E-state index contributed by atoms with van der Waals surface area (Å²) >= 11 is 0. The number of carbonyl (C=O) groups is 2. The molecule has 0 aromatic heterocycles. The van der Waals surface area contributed by atoms with Gasteiger partial charge >= 0.3 is 13.1 Å². The van der Waals surface area contributed by atoms with Gasteiger partial charge in [-0.15, -0.1) is 12.3 Å². The fourth-order valence-corrected chi connectivity index (χ4v) is 6.69. The second kappa shape index (κ2) is 9.12. The molecule has 7 heteroatoms. The fraction of sp³-hybridized carbons (Fsp3) is 0.714. The molecule has 0 aromatic rings. The lowest BCUT2D eigenvalue weighted by molar-refractivity contribution is -0.199. The number of hydrogen-bond donors (Lipinski definition) is 1. The average molecular weight is 481 g/mol. The second-order valence-electron chi connectivity index (χ2n) is 12.5. The molecule has 5 aliphatic rings. The minimum atomic E-state index is -0.939. The summed E-state index contributed by atoms with van der Waals surface area (Å²) in [6.45, 7) is 12.4. The maximum Gasteiger partial charge on any atom is 0.457 e. The summed E-state index contributed by atoms with van der Waals surface area (Å²) in [6.07, 6.45) is 16.7. The molecule has 1 amide bonds. The zero-order valence-corrected chi connectivity index (χ0v) is 22.1. The Bertz CT molecular complexity index is 959. The summed E-state index contributed by atoms with van der Waals surface area (Å²) in [6, 6.07) is 0. The molecule has 2 bridgehead atoms. The second-order valence-corrected chi connectivity index (χ2v) is 12.5. The molecule has 1 N–H and O–H groups in total. The number of hydrogen-bond acceptors (Lipinski definition) is 5. The molecule has 0 radical (unpaired) electrons. The van der Waals surface area contributed by atoms with Crippen molar-refractivity contribution in [3.8, 4) is 12.3 Å². The molecule has 0 spiro atoms. The molecular formula is C28H40BNO5. The van der Waals surface area contributed by atoms with Crippen LogP contribution in [0.2, 0.25) is 6.32 Å². The van der Waals surface area contributed by atoms with Gasteiger partial charge in [-0.2, -0.15) is 0 Å². The third-order valence-corrected chi connectivity index (χ3v) is 8.69. The Labute approximate surface area is 210 Å². The lowest BCUT2D eigenvalue weighted by Gasteiger charge is -2.64. The normalized spacial score (nSPS) is 36.7. The van der Waals surface area contributed by atoms with E-state index in [1.807, 2.05) is 45.1 Å². The van der Waals surface area contributed by atoms with Gasteiger partial charge in [-0.1, -0.05) is 38.2 Å². The van der Waals surface area contributed by atoms with Gasteiger partial charge in [0, 0.05) is 12.8 Å². The standard InChI is InChI=1S/C28H40BNO5/c1-8-9-13-23(31)30-28(14-11-10-12-20(28)24(32)33-25(2,3)4)15-16-29-34-22-18-19-17-21(26(19,5)6)27(22,7)35-29/h1,10-12,14,19-22H,9,13,15-18H2,2-7H3,(H,30,31). The van der Waals surface area contributed by atoms with Crippen molar-refractivity contribution in [1.82, 2.24) is 5.32 Å². The van der Waals surface area contributed by atoms with E-state index in [1.165, 1.54) is 6.42 Å². The summed E-state index contributed by atoms with van der Waals surface area (Å²) in [4.78, 5) is 26.1. The first-order chi connectivity index (χ1) is 16.3. The van der Waals surface area contributed by atoms with Crippen molar-refractivity contribution in [3.63, 3.8) is 0 Å². The topological polar surface area (TPSA) is 73.9 Å². The molecule has 6 atom stereocenters. The van der Waals surface area contributed by atoms with Crippen LogP contribution in [0.5, 0.6) is 0 Å². The first kappa shape index (κ1) is 26.0. The van der Waals surface area contributed by atoms with E-state index in [0.29, 0.717) is 31.0 Å². The van der Waals surface area contributed by atoms with E-state index in [-0.39, 0.29) is 42.5 Å². The highest BCUT2D eigenvalue weighted by atomic mass is 16.7. The van der Waals surface area contributed by atoms with Gasteiger partial charge in [-0.3, -0.25) is 9.59 Å². The first-order valence-corrected chi connectivity index (χ1v) is 13.0. The van der Waals surface area contributed by atoms with Crippen molar-refractivity contribution in [2.75, 3.05) is 0 Å². The maximum atomic E-state index is 13.2. The molecule has 0 aromatic carbocycles. The molecule has 1 aliphatic heterocycles. The molecule has 4 aliphatic carbocycles. The molecule has 190 valence electrons. The van der Waals surface area contributed by atoms with Gasteiger partial charge < -0.3 is 19.4 Å². The van der Waals surface area contributed by atoms with E-state index >= 15 is 0 Å². The first-order valence-electron chi connectivity index (χ1n) is 13.0. The van der Waals surface area contributed by atoms with Crippen molar-refractivity contribution in [3.05, 3.63) is 24.3 Å². The van der Waals surface area contributed by atoms with Gasteiger partial charge in [0.2, 0.25) is 5.91 Å². The van der Waals surface area contributed by atoms with Crippen LogP contribution in [0.4, 0.5) is 0 Å². The molecule has 3 saturated carbocycles. The molecule has 35 heavy (non-hydrogen) atoms.